The minimum atomic E-state index is -0.286. The molecule has 0 unspecified atom stereocenters. The Morgan fingerprint density at radius 3 is 2.62 bits per heavy atom. The minimum absolute atomic E-state index is 0.000216. The summed E-state index contributed by atoms with van der Waals surface area (Å²) in [5.74, 6) is 1.65. The number of rotatable bonds is 5. The summed E-state index contributed by atoms with van der Waals surface area (Å²) in [6.07, 6.45) is 5.16. The monoisotopic (exact) mass is 329 g/mol. The highest BCUT2D eigenvalue weighted by Gasteiger charge is 2.26. The van der Waals surface area contributed by atoms with Gasteiger partial charge in [0.05, 0.1) is 7.11 Å². The van der Waals surface area contributed by atoms with E-state index in [4.69, 9.17) is 9.47 Å². The van der Waals surface area contributed by atoms with Crippen molar-refractivity contribution in [3.05, 3.63) is 48.0 Å². The molecule has 0 saturated carbocycles. The van der Waals surface area contributed by atoms with Crippen LogP contribution in [0.25, 0.3) is 0 Å². The zero-order chi connectivity index (χ0) is 16.9. The van der Waals surface area contributed by atoms with E-state index in [2.05, 4.69) is 10.3 Å². The molecule has 1 aromatic carbocycles. The third-order valence-electron chi connectivity index (χ3n) is 4.44. The summed E-state index contributed by atoms with van der Waals surface area (Å²) in [5.41, 5.74) is 0.977. The molecular weight excluding hydrogens is 306 g/mol. The average molecular weight is 329 g/mol. The van der Waals surface area contributed by atoms with Gasteiger partial charge in [-0.3, -0.25) is 4.79 Å². The van der Waals surface area contributed by atoms with Crippen LogP contribution in [0.2, 0.25) is 0 Å². The number of amides is 1. The van der Waals surface area contributed by atoms with Crippen LogP contribution in [0, 0.1) is 5.92 Å². The maximum absolute atomic E-state index is 12.7. The molecule has 0 spiro atoms. The number of methoxy groups -OCH3 is 1. The fourth-order valence-corrected chi connectivity index (χ4v) is 2.97. The second kappa shape index (κ2) is 7.49. The third kappa shape index (κ3) is 3.59. The molecule has 3 rings (SSSR count). The van der Waals surface area contributed by atoms with Crippen molar-refractivity contribution in [1.29, 1.82) is 0 Å². The van der Waals surface area contributed by atoms with Gasteiger partial charge in [0.25, 0.3) is 0 Å². The number of imidazole rings is 1. The molecule has 1 atom stereocenters. The van der Waals surface area contributed by atoms with Crippen LogP contribution in [0.15, 0.2) is 36.7 Å². The molecule has 0 bridgehead atoms. The van der Waals surface area contributed by atoms with Gasteiger partial charge in [-0.1, -0.05) is 12.1 Å². The predicted molar refractivity (Wildman–Crippen MR) is 89.7 cm³/mol. The highest BCUT2D eigenvalue weighted by Crippen LogP contribution is 2.24. The van der Waals surface area contributed by atoms with Crippen LogP contribution in [0.1, 0.15) is 30.3 Å². The van der Waals surface area contributed by atoms with Crippen molar-refractivity contribution in [3.8, 4) is 5.75 Å². The maximum Gasteiger partial charge on any atom is 0.224 e. The third-order valence-corrected chi connectivity index (χ3v) is 4.44. The van der Waals surface area contributed by atoms with E-state index in [0.29, 0.717) is 13.2 Å². The maximum atomic E-state index is 12.7. The van der Waals surface area contributed by atoms with E-state index in [9.17, 15) is 4.79 Å². The smallest absolute Gasteiger partial charge is 0.224 e. The Bertz CT molecular complexity index is 675. The van der Waals surface area contributed by atoms with Crippen molar-refractivity contribution < 1.29 is 14.3 Å². The van der Waals surface area contributed by atoms with Gasteiger partial charge in [-0.2, -0.15) is 0 Å². The van der Waals surface area contributed by atoms with Gasteiger partial charge in [-0.25, -0.2) is 4.98 Å². The molecule has 0 aliphatic carbocycles. The molecule has 0 radical (unpaired) electrons. The number of nitrogens with one attached hydrogen (secondary N) is 1. The normalized spacial score (nSPS) is 16.6. The lowest BCUT2D eigenvalue weighted by Gasteiger charge is -2.25. The van der Waals surface area contributed by atoms with Crippen LogP contribution < -0.4 is 10.1 Å². The first-order valence-electron chi connectivity index (χ1n) is 8.18. The van der Waals surface area contributed by atoms with Crippen molar-refractivity contribution in [2.24, 2.45) is 13.0 Å². The summed E-state index contributed by atoms with van der Waals surface area (Å²) in [7, 11) is 3.57. The SMILES string of the molecule is COc1ccc([C@@H](NC(=O)C2CCOCC2)c2nccn2C)cc1. The lowest BCUT2D eigenvalue weighted by Crippen LogP contribution is -2.38. The van der Waals surface area contributed by atoms with Gasteiger partial charge in [0.2, 0.25) is 5.91 Å². The summed E-state index contributed by atoms with van der Waals surface area (Å²) in [6, 6.07) is 7.43. The van der Waals surface area contributed by atoms with E-state index in [0.717, 1.165) is 30.0 Å². The number of carbonyl (C=O) groups is 1. The summed E-state index contributed by atoms with van der Waals surface area (Å²) < 4.78 is 12.5. The molecule has 1 saturated heterocycles. The van der Waals surface area contributed by atoms with Crippen molar-refractivity contribution in [3.63, 3.8) is 0 Å². The first-order valence-corrected chi connectivity index (χ1v) is 8.18. The van der Waals surface area contributed by atoms with Crippen molar-refractivity contribution in [2.75, 3.05) is 20.3 Å². The fraction of sp³-hybridized carbons (Fsp3) is 0.444. The molecule has 6 nitrogen and oxygen atoms in total. The van der Waals surface area contributed by atoms with E-state index in [1.54, 1.807) is 13.3 Å². The van der Waals surface area contributed by atoms with Crippen LogP contribution >= 0.6 is 0 Å². The van der Waals surface area contributed by atoms with Crippen LogP contribution in [-0.2, 0) is 16.6 Å². The summed E-state index contributed by atoms with van der Waals surface area (Å²) in [5, 5.41) is 3.17. The fourth-order valence-electron chi connectivity index (χ4n) is 2.97. The van der Waals surface area contributed by atoms with Crippen molar-refractivity contribution in [1.82, 2.24) is 14.9 Å². The standard InChI is InChI=1S/C18H23N3O3/c1-21-10-9-19-17(21)16(13-3-5-15(23-2)6-4-13)20-18(22)14-7-11-24-12-8-14/h3-6,9-10,14,16H,7-8,11-12H2,1-2H3,(H,20,22)/t16-/m1/s1. The van der Waals surface area contributed by atoms with Gasteiger partial charge in [-0.05, 0) is 30.5 Å². The second-order valence-electron chi connectivity index (χ2n) is 6.00. The Hall–Kier alpha value is -2.34. The Morgan fingerprint density at radius 1 is 1.33 bits per heavy atom. The van der Waals surface area contributed by atoms with Gasteiger partial charge in [0.15, 0.2) is 0 Å². The predicted octanol–water partition coefficient (Wildman–Crippen LogP) is 2.06. The van der Waals surface area contributed by atoms with Crippen LogP contribution in [0.3, 0.4) is 0 Å². The Balaban J connectivity index is 1.84. The molecule has 1 amide bonds. The Morgan fingerprint density at radius 2 is 2.04 bits per heavy atom. The number of benzene rings is 1. The minimum Gasteiger partial charge on any atom is -0.497 e. The zero-order valence-corrected chi connectivity index (χ0v) is 14.1. The summed E-state index contributed by atoms with van der Waals surface area (Å²) in [6.45, 7) is 1.29. The van der Waals surface area contributed by atoms with E-state index < -0.39 is 0 Å². The number of aryl methyl sites for hydroxylation is 1. The molecule has 1 aliphatic heterocycles. The number of hydrogen-bond donors (Lipinski definition) is 1. The molecule has 1 aromatic heterocycles. The summed E-state index contributed by atoms with van der Waals surface area (Å²) >= 11 is 0. The van der Waals surface area contributed by atoms with Crippen LogP contribution in [0.4, 0.5) is 0 Å². The number of aromatic nitrogens is 2. The number of carbonyl (C=O) groups excluding carboxylic acids is 1. The quantitative estimate of drug-likeness (QED) is 0.912. The Labute approximate surface area is 141 Å². The van der Waals surface area contributed by atoms with Crippen LogP contribution in [0.5, 0.6) is 5.75 Å². The molecule has 2 heterocycles. The molecular formula is C18H23N3O3. The molecule has 24 heavy (non-hydrogen) atoms. The van der Waals surface area contributed by atoms with Gasteiger partial charge in [-0.15, -0.1) is 0 Å². The zero-order valence-electron chi connectivity index (χ0n) is 14.1. The average Bonchev–Trinajstić information content (AvgIpc) is 3.06. The lowest BCUT2D eigenvalue weighted by molar-refractivity contribution is -0.128. The molecule has 1 aliphatic rings. The lowest BCUT2D eigenvalue weighted by atomic mass is 9.98. The molecule has 128 valence electrons. The molecule has 6 heteroatoms. The van der Waals surface area contributed by atoms with Gasteiger partial charge in [0, 0.05) is 38.6 Å². The largest absolute Gasteiger partial charge is 0.497 e. The second-order valence-corrected chi connectivity index (χ2v) is 6.00. The Kier molecular flexibility index (Phi) is 5.15. The topological polar surface area (TPSA) is 65.4 Å². The number of ether oxygens (including phenoxy) is 2. The van der Waals surface area contributed by atoms with Crippen LogP contribution in [-0.4, -0.2) is 35.8 Å². The van der Waals surface area contributed by atoms with Gasteiger partial charge >= 0.3 is 0 Å². The molecule has 2 aromatic rings. The van der Waals surface area contributed by atoms with E-state index in [-0.39, 0.29) is 17.9 Å². The summed E-state index contributed by atoms with van der Waals surface area (Å²) in [4.78, 5) is 17.1. The van der Waals surface area contributed by atoms with Crippen molar-refractivity contribution in [2.45, 2.75) is 18.9 Å². The molecule has 1 N–H and O–H groups in total. The van der Waals surface area contributed by atoms with Crippen molar-refractivity contribution >= 4 is 5.91 Å². The van der Waals surface area contributed by atoms with Gasteiger partial charge < -0.3 is 19.4 Å². The van der Waals surface area contributed by atoms with E-state index in [1.165, 1.54) is 0 Å². The highest BCUT2D eigenvalue weighted by molar-refractivity contribution is 5.79. The number of nitrogens with zero attached hydrogens (tertiary/aromatic N) is 2. The first-order chi connectivity index (χ1) is 11.7. The molecule has 1 fully saturated rings. The van der Waals surface area contributed by atoms with Gasteiger partial charge in [0.1, 0.15) is 17.6 Å². The highest BCUT2D eigenvalue weighted by atomic mass is 16.5. The first kappa shape index (κ1) is 16.5. The van der Waals surface area contributed by atoms with E-state index in [1.807, 2.05) is 42.1 Å². The van der Waals surface area contributed by atoms with E-state index >= 15 is 0 Å². The number of hydrogen-bond acceptors (Lipinski definition) is 4.